The van der Waals surface area contributed by atoms with Crippen molar-refractivity contribution in [2.24, 2.45) is 56.7 Å². The Balaban J connectivity index is 0.998. The van der Waals surface area contributed by atoms with Crippen LogP contribution in [0.1, 0.15) is 130 Å². The van der Waals surface area contributed by atoms with Crippen LogP contribution in [0.5, 0.6) is 5.75 Å². The minimum atomic E-state index is -1.58. The van der Waals surface area contributed by atoms with Crippen molar-refractivity contribution < 1.29 is 58.1 Å². The van der Waals surface area contributed by atoms with Gasteiger partial charge in [-0.3, -0.25) is 4.79 Å². The monoisotopic (exact) mass is 867 g/mol. The fourth-order valence-electron chi connectivity index (χ4n) is 15.3. The summed E-state index contributed by atoms with van der Waals surface area (Å²) in [4.78, 5) is 26.0. The van der Waals surface area contributed by atoms with Gasteiger partial charge in [-0.15, -0.1) is 0 Å². The molecule has 1 aromatic rings. The Morgan fingerprint density at radius 2 is 1.39 bits per heavy atom. The molecular weight excluding hydrogens is 793 g/mol. The second kappa shape index (κ2) is 16.7. The van der Waals surface area contributed by atoms with Crippen molar-refractivity contribution in [3.63, 3.8) is 0 Å². The Kier molecular flexibility index (Phi) is 12.4. The lowest BCUT2D eigenvalue weighted by molar-refractivity contribution is -0.347. The highest BCUT2D eigenvalue weighted by molar-refractivity contribution is 5.89. The molecule has 8 rings (SSSR count). The molecule has 0 radical (unpaired) electrons. The molecule has 5 saturated carbocycles. The van der Waals surface area contributed by atoms with Gasteiger partial charge in [-0.2, -0.15) is 0 Å². The number of carbonyl (C=O) groups is 2. The number of aliphatic hydroxyl groups is 3. The highest BCUT2D eigenvalue weighted by Gasteiger charge is 2.70. The molecule has 0 amide bonds. The van der Waals surface area contributed by atoms with Gasteiger partial charge in [0.25, 0.3) is 0 Å². The number of carbonyl (C=O) groups excluding carboxylic acids is 2. The fraction of sp³-hybridized carbons (Fsp3) is 0.800. The lowest BCUT2D eigenvalue weighted by Crippen LogP contribution is -2.67. The van der Waals surface area contributed by atoms with Crippen LogP contribution in [-0.4, -0.2) is 103 Å². The summed E-state index contributed by atoms with van der Waals surface area (Å²) in [7, 11) is 1.51. The van der Waals surface area contributed by atoms with Gasteiger partial charge in [0.1, 0.15) is 30.2 Å². The number of esters is 2. The van der Waals surface area contributed by atoms with Gasteiger partial charge in [0.2, 0.25) is 0 Å². The van der Waals surface area contributed by atoms with E-state index in [-0.39, 0.29) is 46.5 Å². The molecule has 0 spiro atoms. The highest BCUT2D eigenvalue weighted by Crippen LogP contribution is 2.77. The van der Waals surface area contributed by atoms with Gasteiger partial charge < -0.3 is 48.5 Å². The molecule has 5 aliphatic carbocycles. The van der Waals surface area contributed by atoms with Crippen LogP contribution in [0.2, 0.25) is 0 Å². The van der Waals surface area contributed by atoms with E-state index in [1.807, 2.05) is 0 Å². The third kappa shape index (κ3) is 7.47. The number of hydrogen-bond donors (Lipinski definition) is 3. The van der Waals surface area contributed by atoms with Crippen LogP contribution in [0.3, 0.4) is 0 Å². The van der Waals surface area contributed by atoms with E-state index in [1.54, 1.807) is 12.1 Å². The summed E-state index contributed by atoms with van der Waals surface area (Å²) in [5.41, 5.74) is 2.32. The summed E-state index contributed by atoms with van der Waals surface area (Å²) < 4.78 is 42.0. The summed E-state index contributed by atoms with van der Waals surface area (Å²) in [5.74, 6) is 2.16. The number of aliphatic hydroxyl groups excluding tert-OH is 3. The van der Waals surface area contributed by atoms with E-state index in [0.29, 0.717) is 28.9 Å². The molecule has 346 valence electrons. The van der Waals surface area contributed by atoms with Gasteiger partial charge in [0, 0.05) is 6.92 Å². The van der Waals surface area contributed by atoms with E-state index < -0.39 is 61.1 Å². The number of ether oxygens (including phenoxy) is 7. The van der Waals surface area contributed by atoms with Crippen LogP contribution in [0, 0.1) is 56.7 Å². The minimum Gasteiger partial charge on any atom is -0.497 e. The summed E-state index contributed by atoms with van der Waals surface area (Å²) >= 11 is 0. The topological polar surface area (TPSA) is 159 Å². The van der Waals surface area contributed by atoms with Crippen LogP contribution in [0.4, 0.5) is 0 Å². The molecule has 62 heavy (non-hydrogen) atoms. The lowest BCUT2D eigenvalue weighted by Gasteiger charge is -2.73. The molecule has 2 aliphatic heterocycles. The summed E-state index contributed by atoms with van der Waals surface area (Å²) in [6.07, 6.45) is 0.872. The van der Waals surface area contributed by atoms with Gasteiger partial charge in [-0.05, 0) is 152 Å². The summed E-state index contributed by atoms with van der Waals surface area (Å²) in [5, 5.41) is 33.0. The van der Waals surface area contributed by atoms with E-state index in [1.165, 1.54) is 76.7 Å². The Morgan fingerprint density at radius 3 is 2.05 bits per heavy atom. The maximum absolute atomic E-state index is 13.3. The zero-order valence-corrected chi connectivity index (χ0v) is 38.6. The molecular formula is C50H74O12. The first-order valence-corrected chi connectivity index (χ1v) is 23.4. The number of methoxy groups -OCH3 is 1. The van der Waals surface area contributed by atoms with Crippen molar-refractivity contribution in [3.8, 4) is 5.75 Å². The fourth-order valence-corrected chi connectivity index (χ4v) is 15.3. The SMILES string of the molecule is C=C(C)[C@@H]1CC[C@]2(C)CC[C@]3(C)[C@H](CC[C@@H]4[C@@]5(C)CCC(O[C@@H]6OC[C@H](O)[C@H](O[C@@H]7OC[C@@H](O)[C@H](O)[C@H]7OC(=O)c7ccc(OC)cc7)[C@H]6OC(C)=O)C(C)(C)[C@@H]5CC[C@]43C)[C@@H]12. The number of fused-ring (bicyclic) bond motifs is 7. The van der Waals surface area contributed by atoms with Crippen LogP contribution in [0.25, 0.3) is 0 Å². The first-order valence-electron chi connectivity index (χ1n) is 23.4. The predicted octanol–water partition coefficient (Wildman–Crippen LogP) is 7.40. The number of allylic oxidation sites excluding steroid dienone is 1. The molecule has 3 N–H and O–H groups in total. The van der Waals surface area contributed by atoms with E-state index in [4.69, 9.17) is 33.2 Å². The first-order chi connectivity index (χ1) is 29.2. The number of rotatable bonds is 9. The largest absolute Gasteiger partial charge is 0.497 e. The Hall–Kier alpha value is -2.58. The lowest BCUT2D eigenvalue weighted by atomic mass is 9.32. The maximum atomic E-state index is 13.3. The average molecular weight is 867 g/mol. The molecule has 12 heteroatoms. The van der Waals surface area contributed by atoms with Crippen LogP contribution < -0.4 is 4.74 Å². The van der Waals surface area contributed by atoms with Crippen LogP contribution in [-0.2, 0) is 33.2 Å². The van der Waals surface area contributed by atoms with E-state index in [2.05, 4.69) is 55.0 Å². The standard InChI is InChI=1S/C50H74O12/c1-27(2)31-17-20-47(6)23-24-49(8)32(38(31)47)15-16-36-48(7)21-19-37(46(4,5)35(48)18-22-50(36,49)9)60-45-42(59-28(3)51)40(34(53)26-58-45)62-44-41(39(54)33(52)25-57-44)61-43(55)29-11-13-30(56-10)14-12-29/h11-14,31-42,44-45,52-54H,1,15-26H2,2-10H3/t31-,32+,33+,34-,35-,36+,37?,38+,39-,40-,41+,42+,44-,45-,47+,48-,49+,50+/m0/s1. The molecule has 2 heterocycles. The number of hydrogen-bond acceptors (Lipinski definition) is 12. The van der Waals surface area contributed by atoms with Gasteiger partial charge in [0.05, 0.1) is 32.0 Å². The molecule has 18 atom stereocenters. The molecule has 1 unspecified atom stereocenters. The number of benzene rings is 1. The molecule has 7 aliphatic rings. The molecule has 0 aromatic heterocycles. The van der Waals surface area contributed by atoms with Gasteiger partial charge in [-0.1, -0.05) is 53.7 Å². The zero-order valence-electron chi connectivity index (χ0n) is 38.6. The van der Waals surface area contributed by atoms with Crippen molar-refractivity contribution in [1.29, 1.82) is 0 Å². The van der Waals surface area contributed by atoms with Crippen molar-refractivity contribution in [2.75, 3.05) is 20.3 Å². The zero-order chi connectivity index (χ0) is 44.7. The smallest absolute Gasteiger partial charge is 0.338 e. The predicted molar refractivity (Wildman–Crippen MR) is 230 cm³/mol. The minimum absolute atomic E-state index is 0.112. The maximum Gasteiger partial charge on any atom is 0.338 e. The third-order valence-corrected chi connectivity index (χ3v) is 18.7. The molecule has 2 saturated heterocycles. The Labute approximate surface area is 368 Å². The molecule has 1 aromatic carbocycles. The van der Waals surface area contributed by atoms with Crippen molar-refractivity contribution in [1.82, 2.24) is 0 Å². The summed E-state index contributed by atoms with van der Waals surface area (Å²) in [6.45, 7) is 22.7. The van der Waals surface area contributed by atoms with Crippen molar-refractivity contribution in [3.05, 3.63) is 42.0 Å². The second-order valence-corrected chi connectivity index (χ2v) is 22.1. The average Bonchev–Trinajstić information content (AvgIpc) is 3.58. The van der Waals surface area contributed by atoms with E-state index in [0.717, 1.165) is 31.1 Å². The highest BCUT2D eigenvalue weighted by atomic mass is 16.7. The molecule has 12 nitrogen and oxygen atoms in total. The van der Waals surface area contributed by atoms with Crippen molar-refractivity contribution >= 4 is 11.9 Å². The quantitative estimate of drug-likeness (QED) is 0.129. The Morgan fingerprint density at radius 1 is 0.710 bits per heavy atom. The molecule has 7 fully saturated rings. The van der Waals surface area contributed by atoms with Gasteiger partial charge >= 0.3 is 11.9 Å². The van der Waals surface area contributed by atoms with E-state index in [9.17, 15) is 24.9 Å². The van der Waals surface area contributed by atoms with Crippen LogP contribution >= 0.6 is 0 Å². The van der Waals surface area contributed by atoms with Crippen molar-refractivity contribution in [2.45, 2.75) is 175 Å². The van der Waals surface area contributed by atoms with Gasteiger partial charge in [-0.25, -0.2) is 4.79 Å². The Bertz CT molecular complexity index is 1830. The molecule has 0 bridgehead atoms. The second-order valence-electron chi connectivity index (χ2n) is 22.1. The third-order valence-electron chi connectivity index (χ3n) is 18.7. The first kappa shape index (κ1) is 46.0. The van der Waals surface area contributed by atoms with E-state index >= 15 is 0 Å². The summed E-state index contributed by atoms with van der Waals surface area (Å²) in [6, 6.07) is 6.21. The van der Waals surface area contributed by atoms with Gasteiger partial charge in [0.15, 0.2) is 24.8 Å². The normalized spacial score (nSPS) is 47.2. The van der Waals surface area contributed by atoms with Crippen LogP contribution in [0.15, 0.2) is 36.4 Å².